The molecule has 1 aliphatic heterocycles. The highest BCUT2D eigenvalue weighted by atomic mass is 35.5. The number of aliphatic imine (C=N–C) groups is 1. The minimum atomic E-state index is 0.268. The lowest BCUT2D eigenvalue weighted by Crippen LogP contribution is -2.46. The molecule has 0 bridgehead atoms. The number of nitrogens with one attached hydrogen (secondary N) is 2. The van der Waals surface area contributed by atoms with E-state index in [2.05, 4.69) is 46.5 Å². The summed E-state index contributed by atoms with van der Waals surface area (Å²) >= 11 is 6.06. The summed E-state index contributed by atoms with van der Waals surface area (Å²) in [4.78, 5) is 6.80. The molecule has 0 aromatic heterocycles. The van der Waals surface area contributed by atoms with E-state index >= 15 is 0 Å². The largest absolute Gasteiger partial charge is 0.379 e. The van der Waals surface area contributed by atoms with Crippen molar-refractivity contribution >= 4 is 17.6 Å². The summed E-state index contributed by atoms with van der Waals surface area (Å²) in [6.07, 6.45) is 1.13. The summed E-state index contributed by atoms with van der Waals surface area (Å²) in [6.45, 7) is 9.63. The molecule has 1 atom stereocenters. The maximum Gasteiger partial charge on any atom is 0.191 e. The molecule has 0 spiro atoms. The average Bonchev–Trinajstić information content (AvgIpc) is 2.62. The van der Waals surface area contributed by atoms with Gasteiger partial charge in [-0.2, -0.15) is 0 Å². The van der Waals surface area contributed by atoms with E-state index in [-0.39, 0.29) is 6.04 Å². The second-order valence-electron chi connectivity index (χ2n) is 6.78. The first-order chi connectivity index (χ1) is 12.1. The fourth-order valence-electron chi connectivity index (χ4n) is 2.93. The SMILES string of the molecule is CN=C(NCCC(C)C)NCC(c1ccc(Cl)cc1)N1CCOCC1. The molecular weight excluding hydrogens is 336 g/mol. The van der Waals surface area contributed by atoms with Crippen LogP contribution in [0.3, 0.4) is 0 Å². The van der Waals surface area contributed by atoms with E-state index in [1.165, 1.54) is 5.56 Å². The number of benzene rings is 1. The highest BCUT2D eigenvalue weighted by Gasteiger charge is 2.22. The summed E-state index contributed by atoms with van der Waals surface area (Å²) in [5.41, 5.74) is 1.26. The molecule has 1 fully saturated rings. The van der Waals surface area contributed by atoms with Crippen LogP contribution in [0.1, 0.15) is 31.9 Å². The molecule has 6 heteroatoms. The first-order valence-corrected chi connectivity index (χ1v) is 9.49. The Kier molecular flexibility index (Phi) is 8.52. The van der Waals surface area contributed by atoms with Crippen LogP contribution in [0.2, 0.25) is 5.02 Å². The van der Waals surface area contributed by atoms with Gasteiger partial charge in [0.15, 0.2) is 5.96 Å². The van der Waals surface area contributed by atoms with Gasteiger partial charge in [-0.25, -0.2) is 0 Å². The van der Waals surface area contributed by atoms with E-state index < -0.39 is 0 Å². The third-order valence-corrected chi connectivity index (χ3v) is 4.69. The number of guanidine groups is 1. The summed E-state index contributed by atoms with van der Waals surface area (Å²) in [7, 11) is 1.82. The average molecular weight is 367 g/mol. The number of morpholine rings is 1. The number of rotatable bonds is 7. The van der Waals surface area contributed by atoms with Crippen molar-refractivity contribution in [3.63, 3.8) is 0 Å². The number of hydrogen-bond acceptors (Lipinski definition) is 3. The van der Waals surface area contributed by atoms with Gasteiger partial charge in [0.25, 0.3) is 0 Å². The standard InChI is InChI=1S/C19H31ClN4O/c1-15(2)8-9-22-19(21-3)23-14-18(24-10-12-25-13-11-24)16-4-6-17(20)7-5-16/h4-7,15,18H,8-14H2,1-3H3,(H2,21,22,23). The van der Waals surface area contributed by atoms with E-state index in [1.807, 2.05) is 19.2 Å². The third kappa shape index (κ3) is 6.84. The van der Waals surface area contributed by atoms with Crippen LogP contribution >= 0.6 is 11.6 Å². The van der Waals surface area contributed by atoms with Crippen LogP contribution in [-0.4, -0.2) is 57.3 Å². The highest BCUT2D eigenvalue weighted by molar-refractivity contribution is 6.30. The van der Waals surface area contributed by atoms with E-state index in [1.54, 1.807) is 0 Å². The lowest BCUT2D eigenvalue weighted by atomic mass is 10.0. The van der Waals surface area contributed by atoms with Crippen molar-refractivity contribution in [1.29, 1.82) is 0 Å². The van der Waals surface area contributed by atoms with Crippen molar-refractivity contribution < 1.29 is 4.74 Å². The van der Waals surface area contributed by atoms with Crippen molar-refractivity contribution in [3.05, 3.63) is 34.9 Å². The lowest BCUT2D eigenvalue weighted by molar-refractivity contribution is 0.0170. The maximum absolute atomic E-state index is 6.06. The minimum Gasteiger partial charge on any atom is -0.379 e. The quantitative estimate of drug-likeness (QED) is 0.575. The molecule has 0 amide bonds. The fourth-order valence-corrected chi connectivity index (χ4v) is 3.05. The topological polar surface area (TPSA) is 48.9 Å². The highest BCUT2D eigenvalue weighted by Crippen LogP contribution is 2.23. The zero-order chi connectivity index (χ0) is 18.1. The van der Waals surface area contributed by atoms with Gasteiger partial charge in [0.2, 0.25) is 0 Å². The van der Waals surface area contributed by atoms with Crippen LogP contribution in [0.15, 0.2) is 29.3 Å². The van der Waals surface area contributed by atoms with Gasteiger partial charge in [0.05, 0.1) is 19.3 Å². The number of nitrogens with zero attached hydrogens (tertiary/aromatic N) is 2. The first-order valence-electron chi connectivity index (χ1n) is 9.12. The summed E-state index contributed by atoms with van der Waals surface area (Å²) in [5, 5.41) is 7.64. The van der Waals surface area contributed by atoms with E-state index in [9.17, 15) is 0 Å². The molecule has 1 aromatic rings. The van der Waals surface area contributed by atoms with E-state index in [0.29, 0.717) is 5.92 Å². The molecule has 5 nitrogen and oxygen atoms in total. The van der Waals surface area contributed by atoms with Gasteiger partial charge in [0.1, 0.15) is 0 Å². The Bertz CT molecular complexity index is 527. The fraction of sp³-hybridized carbons (Fsp3) is 0.632. The second-order valence-corrected chi connectivity index (χ2v) is 7.21. The number of hydrogen-bond donors (Lipinski definition) is 2. The second kappa shape index (κ2) is 10.6. The Balaban J connectivity index is 1.98. The smallest absolute Gasteiger partial charge is 0.191 e. The predicted molar refractivity (Wildman–Crippen MR) is 105 cm³/mol. The van der Waals surface area contributed by atoms with Crippen molar-refractivity contribution in [2.75, 3.05) is 46.4 Å². The third-order valence-electron chi connectivity index (χ3n) is 4.44. The van der Waals surface area contributed by atoms with Crippen molar-refractivity contribution in [3.8, 4) is 0 Å². The Labute approximate surface area is 156 Å². The lowest BCUT2D eigenvalue weighted by Gasteiger charge is -2.35. The molecule has 1 aliphatic rings. The molecule has 0 aliphatic carbocycles. The molecule has 1 unspecified atom stereocenters. The Morgan fingerprint density at radius 1 is 1.20 bits per heavy atom. The minimum absolute atomic E-state index is 0.268. The Morgan fingerprint density at radius 2 is 1.88 bits per heavy atom. The zero-order valence-corrected chi connectivity index (χ0v) is 16.4. The van der Waals surface area contributed by atoms with Gasteiger partial charge in [-0.05, 0) is 30.0 Å². The Morgan fingerprint density at radius 3 is 2.48 bits per heavy atom. The van der Waals surface area contributed by atoms with Crippen LogP contribution in [0.25, 0.3) is 0 Å². The van der Waals surface area contributed by atoms with Crippen molar-refractivity contribution in [2.45, 2.75) is 26.3 Å². The molecule has 1 aromatic carbocycles. The molecular formula is C19H31ClN4O. The predicted octanol–water partition coefficient (Wildman–Crippen LogP) is 2.92. The molecule has 1 saturated heterocycles. The summed E-state index contributed by atoms with van der Waals surface area (Å²) in [6, 6.07) is 8.41. The van der Waals surface area contributed by atoms with E-state index in [0.717, 1.165) is 56.8 Å². The van der Waals surface area contributed by atoms with Gasteiger partial charge in [-0.1, -0.05) is 37.6 Å². The first kappa shape index (κ1) is 20.0. The van der Waals surface area contributed by atoms with Crippen LogP contribution in [0.5, 0.6) is 0 Å². The van der Waals surface area contributed by atoms with Gasteiger partial charge in [-0.15, -0.1) is 0 Å². The molecule has 140 valence electrons. The van der Waals surface area contributed by atoms with Crippen molar-refractivity contribution in [1.82, 2.24) is 15.5 Å². The van der Waals surface area contributed by atoms with Crippen LogP contribution in [0.4, 0.5) is 0 Å². The van der Waals surface area contributed by atoms with Crippen molar-refractivity contribution in [2.24, 2.45) is 10.9 Å². The van der Waals surface area contributed by atoms with Crippen LogP contribution < -0.4 is 10.6 Å². The van der Waals surface area contributed by atoms with Gasteiger partial charge < -0.3 is 15.4 Å². The van der Waals surface area contributed by atoms with Crippen LogP contribution in [0, 0.1) is 5.92 Å². The molecule has 25 heavy (non-hydrogen) atoms. The molecule has 1 heterocycles. The van der Waals surface area contributed by atoms with Gasteiger partial charge >= 0.3 is 0 Å². The summed E-state index contributed by atoms with van der Waals surface area (Å²) in [5.74, 6) is 1.54. The number of ether oxygens (including phenoxy) is 1. The molecule has 0 saturated carbocycles. The maximum atomic E-state index is 6.06. The van der Waals surface area contributed by atoms with Crippen LogP contribution in [-0.2, 0) is 4.74 Å². The normalized spacial score (nSPS) is 17.6. The monoisotopic (exact) mass is 366 g/mol. The molecule has 2 rings (SSSR count). The zero-order valence-electron chi connectivity index (χ0n) is 15.6. The molecule has 0 radical (unpaired) electrons. The molecule has 2 N–H and O–H groups in total. The van der Waals surface area contributed by atoms with Gasteiger partial charge in [-0.3, -0.25) is 9.89 Å². The Hall–Kier alpha value is -1.30. The van der Waals surface area contributed by atoms with E-state index in [4.69, 9.17) is 16.3 Å². The van der Waals surface area contributed by atoms with Gasteiger partial charge in [0, 0.05) is 38.2 Å². The number of halogens is 1. The summed E-state index contributed by atoms with van der Waals surface area (Å²) < 4.78 is 5.51.